The SMILES string of the molecule is CCCCCCCCCOc1ccc(-c2cn(C)cc(-c3ccsc3)c2=S)cc1. The van der Waals surface area contributed by atoms with Crippen molar-refractivity contribution in [1.29, 1.82) is 0 Å². The van der Waals surface area contributed by atoms with Gasteiger partial charge in [0.15, 0.2) is 0 Å². The summed E-state index contributed by atoms with van der Waals surface area (Å²) in [5.74, 6) is 0.934. The normalized spacial score (nSPS) is 11.0. The van der Waals surface area contributed by atoms with E-state index in [9.17, 15) is 0 Å². The van der Waals surface area contributed by atoms with Crippen molar-refractivity contribution in [2.24, 2.45) is 7.05 Å². The lowest BCUT2D eigenvalue weighted by Crippen LogP contribution is -1.97. The van der Waals surface area contributed by atoms with Crippen LogP contribution in [0.2, 0.25) is 0 Å². The molecule has 0 aliphatic carbocycles. The van der Waals surface area contributed by atoms with E-state index in [2.05, 4.69) is 65.0 Å². The highest BCUT2D eigenvalue weighted by molar-refractivity contribution is 7.71. The Morgan fingerprint density at radius 2 is 1.52 bits per heavy atom. The number of aryl methyl sites for hydroxylation is 1. The van der Waals surface area contributed by atoms with Crippen molar-refractivity contribution in [3.8, 4) is 28.0 Å². The Bertz CT molecular complexity index is 926. The monoisotopic (exact) mass is 425 g/mol. The Kier molecular flexibility index (Phi) is 8.51. The molecule has 0 N–H and O–H groups in total. The fourth-order valence-corrected chi connectivity index (χ4v) is 4.51. The quantitative estimate of drug-likeness (QED) is 0.227. The highest BCUT2D eigenvalue weighted by atomic mass is 32.1. The highest BCUT2D eigenvalue weighted by Gasteiger charge is 2.08. The molecule has 29 heavy (non-hydrogen) atoms. The molecule has 0 bridgehead atoms. The van der Waals surface area contributed by atoms with Crippen LogP contribution in [-0.4, -0.2) is 11.2 Å². The van der Waals surface area contributed by atoms with Crippen LogP contribution in [0, 0.1) is 4.51 Å². The van der Waals surface area contributed by atoms with Gasteiger partial charge in [-0.15, -0.1) is 0 Å². The molecule has 3 rings (SSSR count). The first-order valence-corrected chi connectivity index (χ1v) is 12.0. The second-order valence-electron chi connectivity index (χ2n) is 7.59. The third kappa shape index (κ3) is 6.28. The largest absolute Gasteiger partial charge is 0.494 e. The van der Waals surface area contributed by atoms with Gasteiger partial charge >= 0.3 is 0 Å². The molecule has 4 heteroatoms. The van der Waals surface area contributed by atoms with Crippen molar-refractivity contribution in [3.05, 3.63) is 58.0 Å². The summed E-state index contributed by atoms with van der Waals surface area (Å²) in [5.41, 5.74) is 4.52. The molecule has 154 valence electrons. The number of hydrogen-bond donors (Lipinski definition) is 0. The smallest absolute Gasteiger partial charge is 0.119 e. The van der Waals surface area contributed by atoms with Crippen LogP contribution in [-0.2, 0) is 7.05 Å². The summed E-state index contributed by atoms with van der Waals surface area (Å²) in [4.78, 5) is 0. The first kappa shape index (κ1) is 21.8. The van der Waals surface area contributed by atoms with Gasteiger partial charge in [0.05, 0.1) is 11.1 Å². The Morgan fingerprint density at radius 1 is 0.862 bits per heavy atom. The number of hydrogen-bond acceptors (Lipinski definition) is 3. The van der Waals surface area contributed by atoms with E-state index < -0.39 is 0 Å². The minimum atomic E-state index is 0.794. The van der Waals surface area contributed by atoms with Crippen LogP contribution in [0.4, 0.5) is 0 Å². The lowest BCUT2D eigenvalue weighted by Gasteiger charge is -2.11. The van der Waals surface area contributed by atoms with Crippen LogP contribution >= 0.6 is 23.6 Å². The molecule has 0 atom stereocenters. The van der Waals surface area contributed by atoms with E-state index in [1.165, 1.54) is 44.1 Å². The molecule has 1 aromatic carbocycles. The number of ether oxygens (including phenoxy) is 1. The van der Waals surface area contributed by atoms with Gasteiger partial charge in [0.2, 0.25) is 0 Å². The topological polar surface area (TPSA) is 14.2 Å². The lowest BCUT2D eigenvalue weighted by molar-refractivity contribution is 0.304. The molecular weight excluding hydrogens is 394 g/mol. The van der Waals surface area contributed by atoms with Gasteiger partial charge in [-0.25, -0.2) is 0 Å². The number of thiophene rings is 1. The van der Waals surface area contributed by atoms with Gasteiger partial charge in [0, 0.05) is 30.6 Å². The fraction of sp³-hybridized carbons (Fsp3) is 0.400. The molecular formula is C25H31NOS2. The minimum absolute atomic E-state index is 0.794. The van der Waals surface area contributed by atoms with Gasteiger partial charge < -0.3 is 9.30 Å². The van der Waals surface area contributed by atoms with Crippen LogP contribution < -0.4 is 4.74 Å². The van der Waals surface area contributed by atoms with Gasteiger partial charge in [-0.3, -0.25) is 0 Å². The van der Waals surface area contributed by atoms with Gasteiger partial charge in [0.1, 0.15) is 5.75 Å². The third-order valence-electron chi connectivity index (χ3n) is 5.17. The third-order valence-corrected chi connectivity index (χ3v) is 6.29. The zero-order chi connectivity index (χ0) is 20.5. The molecule has 0 aliphatic rings. The molecule has 2 nitrogen and oxygen atoms in total. The number of benzene rings is 1. The van der Waals surface area contributed by atoms with Gasteiger partial charge in [-0.05, 0) is 46.5 Å². The van der Waals surface area contributed by atoms with E-state index in [1.807, 2.05) is 7.05 Å². The molecule has 0 spiro atoms. The number of pyridine rings is 1. The molecule has 2 heterocycles. The second kappa shape index (κ2) is 11.3. The summed E-state index contributed by atoms with van der Waals surface area (Å²) in [7, 11) is 2.05. The maximum atomic E-state index is 5.93. The molecule has 2 aromatic heterocycles. The molecule has 0 unspecified atom stereocenters. The Hall–Kier alpha value is -1.91. The van der Waals surface area contributed by atoms with Crippen molar-refractivity contribution in [2.45, 2.75) is 51.9 Å². The number of nitrogens with zero attached hydrogens (tertiary/aromatic N) is 1. The molecule has 0 fully saturated rings. The summed E-state index contributed by atoms with van der Waals surface area (Å²) in [6, 6.07) is 10.5. The van der Waals surface area contributed by atoms with Crippen molar-refractivity contribution >= 4 is 23.6 Å². The zero-order valence-electron chi connectivity index (χ0n) is 17.5. The van der Waals surface area contributed by atoms with Gasteiger partial charge in [0.25, 0.3) is 0 Å². The fourth-order valence-electron chi connectivity index (χ4n) is 3.52. The molecule has 0 aliphatic heterocycles. The van der Waals surface area contributed by atoms with Crippen LogP contribution in [0.1, 0.15) is 51.9 Å². The summed E-state index contributed by atoms with van der Waals surface area (Å²) in [5, 5.41) is 4.24. The Labute approximate surface area is 184 Å². The number of rotatable bonds is 11. The summed E-state index contributed by atoms with van der Waals surface area (Å²) in [6.07, 6.45) is 13.3. The summed E-state index contributed by atoms with van der Waals surface area (Å²) >= 11 is 7.51. The number of aromatic nitrogens is 1. The van der Waals surface area contributed by atoms with Crippen molar-refractivity contribution in [1.82, 2.24) is 4.57 Å². The van der Waals surface area contributed by atoms with Crippen molar-refractivity contribution < 1.29 is 4.74 Å². The standard InChI is InChI=1S/C25H31NOS2/c1-3-4-5-6-7-8-9-15-27-22-12-10-20(11-13-22)23-17-26(2)18-24(25(23)28)21-14-16-29-19-21/h10-14,16-19H,3-9,15H2,1-2H3. The minimum Gasteiger partial charge on any atom is -0.494 e. The van der Waals surface area contributed by atoms with E-state index in [1.54, 1.807) is 11.3 Å². The van der Waals surface area contributed by atoms with Gasteiger partial charge in [-0.2, -0.15) is 11.3 Å². The van der Waals surface area contributed by atoms with Crippen molar-refractivity contribution in [3.63, 3.8) is 0 Å². The van der Waals surface area contributed by atoms with E-state index >= 15 is 0 Å². The maximum Gasteiger partial charge on any atom is 0.119 e. The van der Waals surface area contributed by atoms with E-state index in [0.717, 1.165) is 40.0 Å². The average molecular weight is 426 g/mol. The first-order chi connectivity index (χ1) is 14.2. The molecule has 0 amide bonds. The van der Waals surface area contributed by atoms with E-state index in [4.69, 9.17) is 17.0 Å². The average Bonchev–Trinajstić information content (AvgIpc) is 3.27. The summed E-state index contributed by atoms with van der Waals surface area (Å²) < 4.78 is 8.92. The van der Waals surface area contributed by atoms with E-state index in [0.29, 0.717) is 0 Å². The maximum absolute atomic E-state index is 5.93. The predicted molar refractivity (Wildman–Crippen MR) is 128 cm³/mol. The lowest BCUT2D eigenvalue weighted by atomic mass is 10.0. The Morgan fingerprint density at radius 3 is 2.17 bits per heavy atom. The number of unbranched alkanes of at least 4 members (excludes halogenated alkanes) is 6. The van der Waals surface area contributed by atoms with Crippen LogP contribution in [0.15, 0.2) is 53.5 Å². The van der Waals surface area contributed by atoms with E-state index in [-0.39, 0.29) is 0 Å². The molecule has 0 saturated carbocycles. The predicted octanol–water partition coefficient (Wildman–Crippen LogP) is 8.28. The molecule has 3 aromatic rings. The van der Waals surface area contributed by atoms with Crippen LogP contribution in [0.25, 0.3) is 22.3 Å². The zero-order valence-corrected chi connectivity index (χ0v) is 19.2. The highest BCUT2D eigenvalue weighted by Crippen LogP contribution is 2.30. The first-order valence-electron chi connectivity index (χ1n) is 10.6. The van der Waals surface area contributed by atoms with Crippen LogP contribution in [0.3, 0.4) is 0 Å². The molecule has 0 radical (unpaired) electrons. The summed E-state index contributed by atoms with van der Waals surface area (Å²) in [6.45, 7) is 3.05. The van der Waals surface area contributed by atoms with Gasteiger partial charge in [-0.1, -0.05) is 69.8 Å². The Balaban J connectivity index is 1.59. The van der Waals surface area contributed by atoms with Crippen LogP contribution in [0.5, 0.6) is 5.75 Å². The second-order valence-corrected chi connectivity index (χ2v) is 8.77. The van der Waals surface area contributed by atoms with Crippen molar-refractivity contribution in [2.75, 3.05) is 6.61 Å². The molecule has 0 saturated heterocycles.